The average molecular weight is 334 g/mol. The predicted molar refractivity (Wildman–Crippen MR) is 95.4 cm³/mol. The van der Waals surface area contributed by atoms with Crippen LogP contribution in [0.4, 0.5) is 0 Å². The van der Waals surface area contributed by atoms with Gasteiger partial charge in [-0.25, -0.2) is 0 Å². The third-order valence-electron chi connectivity index (χ3n) is 3.37. The van der Waals surface area contributed by atoms with Crippen LogP contribution in [0.2, 0.25) is 5.02 Å². The summed E-state index contributed by atoms with van der Waals surface area (Å²) in [7, 11) is 0. The summed E-state index contributed by atoms with van der Waals surface area (Å²) in [6.07, 6.45) is 0. The van der Waals surface area contributed by atoms with Crippen molar-refractivity contribution in [1.82, 2.24) is 5.32 Å². The number of nitrogens with one attached hydrogen (secondary N) is 1. The lowest BCUT2D eigenvalue weighted by Gasteiger charge is -2.14. The molecule has 4 heteroatoms. The molecule has 0 aliphatic heterocycles. The van der Waals surface area contributed by atoms with Crippen LogP contribution in [-0.4, -0.2) is 11.7 Å². The Bertz CT molecular complexity index is 610. The van der Waals surface area contributed by atoms with E-state index in [1.165, 1.54) is 11.1 Å². The Kier molecular flexibility index (Phi) is 6.34. The smallest absolute Gasteiger partial charge is 0.230 e. The zero-order valence-electron chi connectivity index (χ0n) is 12.8. The summed E-state index contributed by atoms with van der Waals surface area (Å²) in [5.41, 5.74) is 3.52. The van der Waals surface area contributed by atoms with Gasteiger partial charge in [0.1, 0.15) is 0 Å². The molecule has 0 aromatic heterocycles. The maximum atomic E-state index is 12.0. The third kappa shape index (κ3) is 5.39. The minimum atomic E-state index is 0.0317. The lowest BCUT2D eigenvalue weighted by Crippen LogP contribution is -2.28. The van der Waals surface area contributed by atoms with Crippen LogP contribution in [0, 0.1) is 6.92 Å². The molecule has 0 aliphatic carbocycles. The van der Waals surface area contributed by atoms with Crippen LogP contribution in [-0.2, 0) is 10.5 Å². The van der Waals surface area contributed by atoms with E-state index in [1.807, 2.05) is 31.2 Å². The van der Waals surface area contributed by atoms with Crippen molar-refractivity contribution in [3.63, 3.8) is 0 Å². The van der Waals surface area contributed by atoms with Crippen molar-refractivity contribution in [3.8, 4) is 0 Å². The van der Waals surface area contributed by atoms with E-state index in [4.69, 9.17) is 11.6 Å². The predicted octanol–water partition coefficient (Wildman–Crippen LogP) is 4.76. The number of carbonyl (C=O) groups excluding carboxylic acids is 1. The van der Waals surface area contributed by atoms with Crippen molar-refractivity contribution in [2.45, 2.75) is 25.6 Å². The Hall–Kier alpha value is -1.45. The number of hydrogen-bond acceptors (Lipinski definition) is 2. The van der Waals surface area contributed by atoms with Crippen LogP contribution >= 0.6 is 23.4 Å². The highest BCUT2D eigenvalue weighted by atomic mass is 35.5. The van der Waals surface area contributed by atoms with Crippen LogP contribution in [0.5, 0.6) is 0 Å². The second kappa shape index (κ2) is 8.25. The van der Waals surface area contributed by atoms with E-state index in [1.54, 1.807) is 11.8 Å². The van der Waals surface area contributed by atoms with Crippen molar-refractivity contribution >= 4 is 29.3 Å². The maximum absolute atomic E-state index is 12.0. The Balaban J connectivity index is 1.75. The first-order chi connectivity index (χ1) is 10.5. The minimum absolute atomic E-state index is 0.0317. The fourth-order valence-corrected chi connectivity index (χ4v) is 2.99. The van der Waals surface area contributed by atoms with Gasteiger partial charge in [0.05, 0.1) is 11.8 Å². The lowest BCUT2D eigenvalue weighted by atomic mass is 10.1. The maximum Gasteiger partial charge on any atom is 0.230 e. The number of aryl methyl sites for hydroxylation is 1. The fraction of sp³-hybridized carbons (Fsp3) is 0.278. The molecule has 1 atom stereocenters. The van der Waals surface area contributed by atoms with Crippen LogP contribution in [0.1, 0.15) is 29.7 Å². The highest BCUT2D eigenvalue weighted by Crippen LogP contribution is 2.16. The van der Waals surface area contributed by atoms with Gasteiger partial charge in [-0.3, -0.25) is 4.79 Å². The van der Waals surface area contributed by atoms with E-state index >= 15 is 0 Å². The number of amides is 1. The van der Waals surface area contributed by atoms with Crippen LogP contribution < -0.4 is 5.32 Å². The highest BCUT2D eigenvalue weighted by Gasteiger charge is 2.09. The molecule has 2 aromatic rings. The molecule has 0 fully saturated rings. The standard InChI is InChI=1S/C18H20ClNOS/c1-13-3-7-16(8-4-13)14(2)20-18(21)12-22-11-15-5-9-17(19)10-6-15/h3-10,14H,11-12H2,1-2H3,(H,20,21)/t14-/m1/s1. The van der Waals surface area contributed by atoms with E-state index in [0.717, 1.165) is 16.3 Å². The molecule has 1 N–H and O–H groups in total. The second-order valence-corrected chi connectivity index (χ2v) is 6.74. The van der Waals surface area contributed by atoms with Crippen LogP contribution in [0.15, 0.2) is 48.5 Å². The normalized spacial score (nSPS) is 12.0. The van der Waals surface area contributed by atoms with Gasteiger partial charge in [-0.2, -0.15) is 0 Å². The first-order valence-electron chi connectivity index (χ1n) is 7.22. The van der Waals surface area contributed by atoms with Gasteiger partial charge in [0.2, 0.25) is 5.91 Å². The van der Waals surface area contributed by atoms with Gasteiger partial charge in [0.15, 0.2) is 0 Å². The number of rotatable bonds is 6. The lowest BCUT2D eigenvalue weighted by molar-refractivity contribution is -0.119. The van der Waals surface area contributed by atoms with Gasteiger partial charge >= 0.3 is 0 Å². The first kappa shape index (κ1) is 16.9. The number of benzene rings is 2. The average Bonchev–Trinajstić information content (AvgIpc) is 2.50. The second-order valence-electron chi connectivity index (χ2n) is 5.32. The van der Waals surface area contributed by atoms with Crippen molar-refractivity contribution < 1.29 is 4.79 Å². The first-order valence-corrected chi connectivity index (χ1v) is 8.76. The molecule has 116 valence electrons. The molecule has 0 unspecified atom stereocenters. The molecule has 0 bridgehead atoms. The Morgan fingerprint density at radius 2 is 1.77 bits per heavy atom. The summed E-state index contributed by atoms with van der Waals surface area (Å²) >= 11 is 7.46. The summed E-state index contributed by atoms with van der Waals surface area (Å²) in [6.45, 7) is 4.06. The van der Waals surface area contributed by atoms with E-state index in [2.05, 4.69) is 36.5 Å². The Morgan fingerprint density at radius 1 is 1.14 bits per heavy atom. The molecular weight excluding hydrogens is 314 g/mol. The zero-order chi connectivity index (χ0) is 15.9. The molecule has 2 aromatic carbocycles. The van der Waals surface area contributed by atoms with Crippen molar-refractivity contribution in [2.75, 3.05) is 5.75 Å². The summed E-state index contributed by atoms with van der Waals surface area (Å²) < 4.78 is 0. The fourth-order valence-electron chi connectivity index (χ4n) is 2.06. The number of halogens is 1. The molecule has 0 heterocycles. The van der Waals surface area contributed by atoms with Gasteiger partial charge in [-0.1, -0.05) is 53.6 Å². The molecule has 0 aliphatic rings. The molecule has 0 radical (unpaired) electrons. The molecular formula is C18H20ClNOS. The van der Waals surface area contributed by atoms with Crippen LogP contribution in [0.3, 0.4) is 0 Å². The molecule has 0 saturated heterocycles. The number of hydrogen-bond donors (Lipinski definition) is 1. The van der Waals surface area contributed by atoms with Crippen LogP contribution in [0.25, 0.3) is 0 Å². The summed E-state index contributed by atoms with van der Waals surface area (Å²) in [6, 6.07) is 16.0. The molecule has 2 rings (SSSR count). The largest absolute Gasteiger partial charge is 0.349 e. The van der Waals surface area contributed by atoms with Crippen molar-refractivity contribution in [3.05, 3.63) is 70.2 Å². The summed E-state index contributed by atoms with van der Waals surface area (Å²) in [5.74, 6) is 1.33. The summed E-state index contributed by atoms with van der Waals surface area (Å²) in [5, 5.41) is 3.76. The minimum Gasteiger partial charge on any atom is -0.349 e. The van der Waals surface area contributed by atoms with Gasteiger partial charge in [-0.05, 0) is 37.1 Å². The molecule has 0 spiro atoms. The number of carbonyl (C=O) groups is 1. The van der Waals surface area contributed by atoms with E-state index in [-0.39, 0.29) is 11.9 Å². The topological polar surface area (TPSA) is 29.1 Å². The third-order valence-corrected chi connectivity index (χ3v) is 4.63. The Morgan fingerprint density at radius 3 is 2.41 bits per heavy atom. The highest BCUT2D eigenvalue weighted by molar-refractivity contribution is 7.99. The monoisotopic (exact) mass is 333 g/mol. The molecule has 22 heavy (non-hydrogen) atoms. The van der Waals surface area contributed by atoms with E-state index < -0.39 is 0 Å². The van der Waals surface area contributed by atoms with Gasteiger partial charge < -0.3 is 5.32 Å². The van der Waals surface area contributed by atoms with Gasteiger partial charge in [-0.15, -0.1) is 11.8 Å². The van der Waals surface area contributed by atoms with E-state index in [9.17, 15) is 4.79 Å². The molecule has 2 nitrogen and oxygen atoms in total. The quantitative estimate of drug-likeness (QED) is 0.825. The van der Waals surface area contributed by atoms with Gasteiger partial charge in [0.25, 0.3) is 0 Å². The van der Waals surface area contributed by atoms with E-state index in [0.29, 0.717) is 5.75 Å². The van der Waals surface area contributed by atoms with Gasteiger partial charge in [0, 0.05) is 10.8 Å². The zero-order valence-corrected chi connectivity index (χ0v) is 14.4. The number of thioether (sulfide) groups is 1. The van der Waals surface area contributed by atoms with Crippen molar-refractivity contribution in [2.24, 2.45) is 0 Å². The summed E-state index contributed by atoms with van der Waals surface area (Å²) in [4.78, 5) is 12.0. The molecule has 1 amide bonds. The Labute approximate surface area is 141 Å². The van der Waals surface area contributed by atoms with Crippen molar-refractivity contribution in [1.29, 1.82) is 0 Å². The SMILES string of the molecule is Cc1ccc([C@@H](C)NC(=O)CSCc2ccc(Cl)cc2)cc1. The molecule has 0 saturated carbocycles.